The molecule has 176 valence electrons. The normalized spacial score (nSPS) is 16.4. The first-order valence-corrected chi connectivity index (χ1v) is 10.9. The average Bonchev–Trinajstić information content (AvgIpc) is 3.51. The van der Waals surface area contributed by atoms with Gasteiger partial charge in [-0.1, -0.05) is 23.4 Å². The van der Waals surface area contributed by atoms with Gasteiger partial charge in [-0.2, -0.15) is 8.78 Å². The molecule has 4 aromatic rings. The van der Waals surface area contributed by atoms with Gasteiger partial charge in [0.15, 0.2) is 0 Å². The van der Waals surface area contributed by atoms with Crippen molar-refractivity contribution in [3.05, 3.63) is 65.9 Å². The molecule has 2 aromatic heterocycles. The number of rotatable bonds is 6. The highest BCUT2D eigenvalue weighted by molar-refractivity contribution is 5.65. The topological polar surface area (TPSA) is 84.9 Å². The number of nitrogens with zero attached hydrogens (tertiary/aromatic N) is 6. The van der Waals surface area contributed by atoms with Crippen LogP contribution in [0.3, 0.4) is 0 Å². The fourth-order valence-corrected chi connectivity index (χ4v) is 4.00. The molecule has 11 heteroatoms. The predicted octanol–water partition coefficient (Wildman–Crippen LogP) is 3.92. The minimum Gasteiger partial charge on any atom is -0.415 e. The molecule has 1 fully saturated rings. The van der Waals surface area contributed by atoms with E-state index in [0.29, 0.717) is 17.3 Å². The SMILES string of the molecule is C[C@H]1CNCCN1c1cccc(-c2cn(Cc3ccc(-c4nnc(C(F)F)o4)cc3F)nn2)c1. The average molecular weight is 469 g/mol. The molecule has 8 nitrogen and oxygen atoms in total. The lowest BCUT2D eigenvalue weighted by Gasteiger charge is -2.36. The number of aromatic nitrogens is 5. The molecule has 1 aliphatic heterocycles. The molecule has 1 saturated heterocycles. The summed E-state index contributed by atoms with van der Waals surface area (Å²) in [5.74, 6) is -1.51. The number of piperazine rings is 1. The Morgan fingerprint density at radius 3 is 2.76 bits per heavy atom. The maximum Gasteiger partial charge on any atom is 0.314 e. The molecular weight excluding hydrogens is 447 g/mol. The summed E-state index contributed by atoms with van der Waals surface area (Å²) in [6.45, 7) is 5.14. The monoisotopic (exact) mass is 469 g/mol. The molecule has 0 spiro atoms. The minimum absolute atomic E-state index is 0.153. The van der Waals surface area contributed by atoms with Crippen molar-refractivity contribution in [1.29, 1.82) is 0 Å². The van der Waals surface area contributed by atoms with Gasteiger partial charge in [0.25, 0.3) is 5.89 Å². The first kappa shape index (κ1) is 22.1. The Kier molecular flexibility index (Phi) is 6.01. The van der Waals surface area contributed by atoms with Crippen LogP contribution in [0, 0.1) is 5.82 Å². The van der Waals surface area contributed by atoms with Gasteiger partial charge in [0, 0.05) is 48.1 Å². The van der Waals surface area contributed by atoms with E-state index in [0.717, 1.165) is 30.9 Å². The lowest BCUT2D eigenvalue weighted by molar-refractivity contribution is 0.116. The summed E-state index contributed by atoms with van der Waals surface area (Å²) in [6.07, 6.45) is -1.12. The number of halogens is 3. The molecule has 34 heavy (non-hydrogen) atoms. The molecule has 1 aliphatic rings. The molecule has 0 radical (unpaired) electrons. The standard InChI is InChI=1S/C23H22F3N7O/c1-14-11-27-7-8-33(14)18-4-2-3-15(9-18)20-13-32(31-28-20)12-17-6-5-16(10-19(17)24)22-29-30-23(34-22)21(25)26/h2-6,9-10,13-14,21,27H,7-8,11-12H2,1H3/t14-/m0/s1. The van der Waals surface area contributed by atoms with Gasteiger partial charge >= 0.3 is 6.43 Å². The Morgan fingerprint density at radius 1 is 1.12 bits per heavy atom. The Hall–Kier alpha value is -3.73. The zero-order valence-corrected chi connectivity index (χ0v) is 18.3. The maximum atomic E-state index is 14.7. The van der Waals surface area contributed by atoms with Gasteiger partial charge in [-0.3, -0.25) is 0 Å². The third kappa shape index (κ3) is 4.51. The maximum absolute atomic E-state index is 14.7. The second-order valence-corrected chi connectivity index (χ2v) is 8.15. The van der Waals surface area contributed by atoms with Gasteiger partial charge in [0.05, 0.1) is 12.7 Å². The number of hydrogen-bond acceptors (Lipinski definition) is 7. The highest BCUT2D eigenvalue weighted by Crippen LogP contribution is 2.27. The van der Waals surface area contributed by atoms with Crippen LogP contribution < -0.4 is 10.2 Å². The highest BCUT2D eigenvalue weighted by Gasteiger charge is 2.20. The molecule has 0 amide bonds. The summed E-state index contributed by atoms with van der Waals surface area (Å²) in [4.78, 5) is 2.36. The Balaban J connectivity index is 1.32. The number of benzene rings is 2. The summed E-state index contributed by atoms with van der Waals surface area (Å²) in [5, 5.41) is 18.6. The van der Waals surface area contributed by atoms with Crippen LogP contribution in [0.2, 0.25) is 0 Å². The van der Waals surface area contributed by atoms with Crippen LogP contribution in [-0.4, -0.2) is 50.9 Å². The third-order valence-electron chi connectivity index (χ3n) is 5.77. The van der Waals surface area contributed by atoms with Crippen molar-refractivity contribution in [3.8, 4) is 22.7 Å². The summed E-state index contributed by atoms with van der Waals surface area (Å²) < 4.78 is 46.4. The third-order valence-corrected chi connectivity index (χ3v) is 5.77. The van der Waals surface area contributed by atoms with Gasteiger partial charge in [-0.25, -0.2) is 9.07 Å². The second-order valence-electron chi connectivity index (χ2n) is 8.15. The van der Waals surface area contributed by atoms with Crippen LogP contribution in [0.4, 0.5) is 18.9 Å². The first-order valence-electron chi connectivity index (χ1n) is 10.9. The largest absolute Gasteiger partial charge is 0.415 e. The van der Waals surface area contributed by atoms with Gasteiger partial charge in [0.1, 0.15) is 11.5 Å². The van der Waals surface area contributed by atoms with Crippen LogP contribution in [0.15, 0.2) is 53.1 Å². The van der Waals surface area contributed by atoms with Crippen molar-refractivity contribution in [2.24, 2.45) is 0 Å². The van der Waals surface area contributed by atoms with E-state index in [1.807, 2.05) is 12.1 Å². The van der Waals surface area contributed by atoms with E-state index in [9.17, 15) is 13.2 Å². The van der Waals surface area contributed by atoms with E-state index in [1.165, 1.54) is 18.2 Å². The van der Waals surface area contributed by atoms with E-state index >= 15 is 0 Å². The number of anilines is 1. The van der Waals surface area contributed by atoms with Crippen LogP contribution >= 0.6 is 0 Å². The molecule has 5 rings (SSSR count). The lowest BCUT2D eigenvalue weighted by atomic mass is 10.1. The van der Waals surface area contributed by atoms with Gasteiger partial charge in [0.2, 0.25) is 5.89 Å². The van der Waals surface area contributed by atoms with Crippen LogP contribution in [0.1, 0.15) is 24.8 Å². The summed E-state index contributed by atoms with van der Waals surface area (Å²) in [5.41, 5.74) is 3.32. The Bertz CT molecular complexity index is 1290. The molecule has 1 N–H and O–H groups in total. The molecule has 0 aliphatic carbocycles. The van der Waals surface area contributed by atoms with E-state index < -0.39 is 18.1 Å². The van der Waals surface area contributed by atoms with E-state index in [4.69, 9.17) is 4.42 Å². The van der Waals surface area contributed by atoms with Crippen LogP contribution in [0.5, 0.6) is 0 Å². The van der Waals surface area contributed by atoms with Crippen molar-refractivity contribution >= 4 is 5.69 Å². The summed E-state index contributed by atoms with van der Waals surface area (Å²) in [7, 11) is 0. The smallest absolute Gasteiger partial charge is 0.314 e. The number of alkyl halides is 2. The lowest BCUT2D eigenvalue weighted by Crippen LogP contribution is -2.49. The quantitative estimate of drug-likeness (QED) is 0.458. The molecule has 3 heterocycles. The van der Waals surface area contributed by atoms with E-state index in [-0.39, 0.29) is 18.0 Å². The van der Waals surface area contributed by atoms with Gasteiger partial charge in [-0.15, -0.1) is 15.3 Å². The van der Waals surface area contributed by atoms with Crippen LogP contribution in [0.25, 0.3) is 22.7 Å². The van der Waals surface area contributed by atoms with E-state index in [2.05, 4.69) is 49.8 Å². The van der Waals surface area contributed by atoms with Crippen molar-refractivity contribution < 1.29 is 17.6 Å². The second kappa shape index (κ2) is 9.26. The van der Waals surface area contributed by atoms with Gasteiger partial charge < -0.3 is 14.6 Å². The number of hydrogen-bond donors (Lipinski definition) is 1. The predicted molar refractivity (Wildman–Crippen MR) is 119 cm³/mol. The van der Waals surface area contributed by atoms with E-state index in [1.54, 1.807) is 10.9 Å². The zero-order valence-electron chi connectivity index (χ0n) is 18.3. The molecule has 2 aromatic carbocycles. The fourth-order valence-electron chi connectivity index (χ4n) is 4.00. The van der Waals surface area contributed by atoms with Gasteiger partial charge in [-0.05, 0) is 31.2 Å². The molecule has 1 atom stereocenters. The summed E-state index contributed by atoms with van der Waals surface area (Å²) >= 11 is 0. The Labute approximate surface area is 193 Å². The molecule has 0 unspecified atom stereocenters. The minimum atomic E-state index is -2.88. The van der Waals surface area contributed by atoms with Crippen molar-refractivity contribution in [2.75, 3.05) is 24.5 Å². The van der Waals surface area contributed by atoms with Crippen molar-refractivity contribution in [1.82, 2.24) is 30.5 Å². The van der Waals surface area contributed by atoms with Crippen LogP contribution in [-0.2, 0) is 6.54 Å². The zero-order chi connectivity index (χ0) is 23.7. The highest BCUT2D eigenvalue weighted by atomic mass is 19.3. The molecule has 0 saturated carbocycles. The fraction of sp³-hybridized carbons (Fsp3) is 0.304. The molecule has 0 bridgehead atoms. The Morgan fingerprint density at radius 2 is 2.00 bits per heavy atom. The molecular formula is C23H22F3N7O. The number of nitrogens with one attached hydrogen (secondary N) is 1. The van der Waals surface area contributed by atoms with Crippen molar-refractivity contribution in [3.63, 3.8) is 0 Å². The summed E-state index contributed by atoms with van der Waals surface area (Å²) in [6, 6.07) is 12.8. The van der Waals surface area contributed by atoms with Crippen molar-refractivity contribution in [2.45, 2.75) is 25.9 Å². The first-order chi connectivity index (χ1) is 16.5.